The van der Waals surface area contributed by atoms with Gasteiger partial charge in [0, 0.05) is 6.07 Å². The second-order valence-electron chi connectivity index (χ2n) is 11.0. The Kier molecular flexibility index (Phi) is 52.6. The third kappa shape index (κ3) is 39.3. The lowest BCUT2D eigenvalue weighted by molar-refractivity contribution is 0.503. The number of aryl methyl sites for hydroxylation is 6. The van der Waals surface area contributed by atoms with Gasteiger partial charge in [0.05, 0.1) is 0 Å². The topological polar surface area (TPSA) is 0 Å². The van der Waals surface area contributed by atoms with Gasteiger partial charge in [-0.1, -0.05) is 149 Å². The largest absolute Gasteiger partial charge is 0.207 e. The fourth-order valence-electron chi connectivity index (χ4n) is 3.48. The minimum atomic E-state index is -0.782. The molecule has 0 aliphatic rings. The zero-order valence-corrected chi connectivity index (χ0v) is 41.0. The Morgan fingerprint density at radius 2 is 0.619 bits per heavy atom. The Hall–Kier alpha value is -5.31. The first-order valence-corrected chi connectivity index (χ1v) is 21.4. The number of hydrogen-bond acceptors (Lipinski definition) is 0. The molecule has 6 rings (SSSR count). The van der Waals surface area contributed by atoms with E-state index in [9.17, 15) is 39.5 Å². The molecule has 0 saturated heterocycles. The van der Waals surface area contributed by atoms with Crippen LogP contribution in [0.15, 0.2) is 127 Å². The Balaban J connectivity index is -0.000000147. The van der Waals surface area contributed by atoms with E-state index < -0.39 is 29.1 Å². The van der Waals surface area contributed by atoms with Crippen molar-refractivity contribution < 1.29 is 39.5 Å². The molecule has 0 atom stereocenters. The van der Waals surface area contributed by atoms with Gasteiger partial charge in [-0.25, -0.2) is 39.5 Å². The van der Waals surface area contributed by atoms with Crippen molar-refractivity contribution in [3.05, 3.63) is 213 Å². The van der Waals surface area contributed by atoms with Gasteiger partial charge in [-0.3, -0.25) is 0 Å². The molecule has 0 nitrogen and oxygen atoms in total. The van der Waals surface area contributed by atoms with E-state index in [0.717, 1.165) is 41.5 Å². The standard InChI is InChI=1S/3C7H6F2.3C7H7F.6C2H6/c1-5-4-6(8)2-3-7(5)9;1-5-2-3-6(8)4-7(5)9;1-5-3-2-4-6(8)7(5)9;1-6-2-4-7(8)5-3-6;1-6-3-2-4-7(8)5-6;1-6-4-2-3-5-7(6)8;6*1-2/h3*2-4H,1H3;3*2-5H,1H3;6*1-2H3. The molecule has 0 spiro atoms. The molecular weight excluding hydrogens is 820 g/mol. The van der Waals surface area contributed by atoms with Crippen LogP contribution < -0.4 is 0 Å². The summed E-state index contributed by atoms with van der Waals surface area (Å²) in [5.41, 5.74) is 3.91. The van der Waals surface area contributed by atoms with E-state index in [1.54, 1.807) is 44.2 Å². The Morgan fingerprint density at radius 3 is 0.952 bits per heavy atom. The fourth-order valence-corrected chi connectivity index (χ4v) is 3.48. The van der Waals surface area contributed by atoms with Gasteiger partial charge in [0.15, 0.2) is 11.6 Å². The normalized spacial score (nSPS) is 8.24. The van der Waals surface area contributed by atoms with Crippen molar-refractivity contribution in [1.29, 1.82) is 0 Å². The van der Waals surface area contributed by atoms with E-state index in [-0.39, 0.29) is 23.3 Å². The van der Waals surface area contributed by atoms with Crippen molar-refractivity contribution in [3.63, 3.8) is 0 Å². The number of rotatable bonds is 0. The van der Waals surface area contributed by atoms with Crippen LogP contribution in [0.2, 0.25) is 0 Å². The van der Waals surface area contributed by atoms with E-state index in [4.69, 9.17) is 0 Å². The lowest BCUT2D eigenvalue weighted by Crippen LogP contribution is -1.85. The van der Waals surface area contributed by atoms with E-state index >= 15 is 0 Å². The van der Waals surface area contributed by atoms with Gasteiger partial charge in [-0.05, 0) is 130 Å². The second kappa shape index (κ2) is 47.7. The summed E-state index contributed by atoms with van der Waals surface area (Å²) in [5, 5.41) is 0. The molecule has 9 heteroatoms. The van der Waals surface area contributed by atoms with Crippen molar-refractivity contribution in [2.24, 2.45) is 0 Å². The quantitative estimate of drug-likeness (QED) is 0.133. The fraction of sp³-hybridized carbons (Fsp3) is 0.333. The van der Waals surface area contributed by atoms with Gasteiger partial charge in [-0.2, -0.15) is 0 Å². The smallest absolute Gasteiger partial charge is 0.161 e. The van der Waals surface area contributed by atoms with Gasteiger partial charge in [0.25, 0.3) is 0 Å². The number of hydrogen-bond donors (Lipinski definition) is 0. The molecule has 0 aliphatic heterocycles. The van der Waals surface area contributed by atoms with Crippen LogP contribution in [0.3, 0.4) is 0 Å². The summed E-state index contributed by atoms with van der Waals surface area (Å²) in [6, 6.07) is 30.6. The van der Waals surface area contributed by atoms with Gasteiger partial charge in [0.2, 0.25) is 0 Å². The summed E-state index contributed by atoms with van der Waals surface area (Å²) in [7, 11) is 0. The molecule has 0 saturated carbocycles. The minimum Gasteiger partial charge on any atom is -0.207 e. The van der Waals surface area contributed by atoms with E-state index in [2.05, 4.69) is 0 Å². The van der Waals surface area contributed by atoms with E-state index in [1.165, 1.54) is 68.4 Å². The van der Waals surface area contributed by atoms with Crippen LogP contribution in [0.25, 0.3) is 0 Å². The van der Waals surface area contributed by atoms with Crippen molar-refractivity contribution in [2.45, 2.75) is 125 Å². The highest BCUT2D eigenvalue weighted by atomic mass is 19.2. The third-order valence-electron chi connectivity index (χ3n) is 6.47. The first kappa shape index (κ1) is 69.4. The molecule has 0 radical (unpaired) electrons. The van der Waals surface area contributed by atoms with Crippen LogP contribution >= 0.6 is 0 Å². The molecule has 6 aromatic carbocycles. The van der Waals surface area contributed by atoms with Crippen LogP contribution in [-0.4, -0.2) is 0 Å². The van der Waals surface area contributed by atoms with Crippen molar-refractivity contribution >= 4 is 0 Å². The first-order valence-electron chi connectivity index (χ1n) is 21.4. The van der Waals surface area contributed by atoms with Crippen molar-refractivity contribution in [1.82, 2.24) is 0 Å². The molecule has 0 amide bonds. The molecule has 0 unspecified atom stereocenters. The maximum Gasteiger partial charge on any atom is 0.161 e. The van der Waals surface area contributed by atoms with Crippen molar-refractivity contribution in [3.8, 4) is 0 Å². The lowest BCUT2D eigenvalue weighted by atomic mass is 10.2. The zero-order chi connectivity index (χ0) is 50.5. The van der Waals surface area contributed by atoms with Crippen LogP contribution in [-0.2, 0) is 0 Å². The summed E-state index contributed by atoms with van der Waals surface area (Å²) in [6.45, 7) is 34.2. The Morgan fingerprint density at radius 1 is 0.238 bits per heavy atom. The average molecular weight is 895 g/mol. The predicted molar refractivity (Wildman–Crippen MR) is 255 cm³/mol. The second-order valence-corrected chi connectivity index (χ2v) is 11.0. The summed E-state index contributed by atoms with van der Waals surface area (Å²) < 4.78 is 110. The van der Waals surface area contributed by atoms with Gasteiger partial charge < -0.3 is 0 Å². The third-order valence-corrected chi connectivity index (χ3v) is 6.47. The highest BCUT2D eigenvalue weighted by Crippen LogP contribution is 2.09. The highest BCUT2D eigenvalue weighted by Gasteiger charge is 2.01. The number of halogens is 9. The first-order chi connectivity index (χ1) is 30.0. The molecule has 63 heavy (non-hydrogen) atoms. The van der Waals surface area contributed by atoms with Crippen LogP contribution in [0.1, 0.15) is 116 Å². The minimum absolute atomic E-state index is 0.132. The van der Waals surface area contributed by atoms with Gasteiger partial charge in [-0.15, -0.1) is 0 Å². The predicted octanol–water partition coefficient (Wildman–Crippen LogP) is 19.4. The van der Waals surface area contributed by atoms with Crippen LogP contribution in [0, 0.1) is 93.9 Å². The lowest BCUT2D eigenvalue weighted by Gasteiger charge is -1.93. The van der Waals surface area contributed by atoms with Crippen LogP contribution in [0.4, 0.5) is 39.5 Å². The monoisotopic (exact) mass is 895 g/mol. The molecule has 354 valence electrons. The molecule has 0 fully saturated rings. The van der Waals surface area contributed by atoms with E-state index in [1.807, 2.05) is 109 Å². The Labute approximate surface area is 376 Å². The highest BCUT2D eigenvalue weighted by molar-refractivity contribution is 5.19. The molecule has 0 aliphatic carbocycles. The average Bonchev–Trinajstić information content (AvgIpc) is 3.30. The molecule has 0 heterocycles. The SMILES string of the molecule is CC.CC.CC.CC.CC.CC.Cc1cc(F)ccc1F.Cc1ccc(F)cc1.Cc1ccc(F)cc1F.Cc1cccc(F)c1.Cc1cccc(F)c1F.Cc1ccccc1F. The van der Waals surface area contributed by atoms with Crippen LogP contribution in [0.5, 0.6) is 0 Å². The maximum atomic E-state index is 12.4. The van der Waals surface area contributed by atoms with Gasteiger partial charge in [0.1, 0.15) is 40.7 Å². The summed E-state index contributed by atoms with van der Waals surface area (Å²) in [4.78, 5) is 0. The number of benzene rings is 6. The van der Waals surface area contributed by atoms with E-state index in [0.29, 0.717) is 22.3 Å². The van der Waals surface area contributed by atoms with Crippen molar-refractivity contribution in [2.75, 3.05) is 0 Å². The zero-order valence-electron chi connectivity index (χ0n) is 41.0. The summed E-state index contributed by atoms with van der Waals surface area (Å²) in [6.07, 6.45) is 0. The maximum absolute atomic E-state index is 12.4. The summed E-state index contributed by atoms with van der Waals surface area (Å²) in [5.74, 6) is -3.78. The van der Waals surface area contributed by atoms with Gasteiger partial charge >= 0.3 is 0 Å². The molecule has 0 aromatic heterocycles. The molecule has 6 aromatic rings. The molecular formula is C54H75F9. The Bertz CT molecular complexity index is 1780. The molecule has 0 bridgehead atoms. The molecule has 0 N–H and O–H groups in total. The summed E-state index contributed by atoms with van der Waals surface area (Å²) >= 11 is 0.